The number of esters is 1. The number of ether oxygens (including phenoxy) is 1. The number of thiazole rings is 1. The predicted molar refractivity (Wildman–Crippen MR) is 107 cm³/mol. The Bertz CT molecular complexity index is 1050. The molecule has 0 aliphatic heterocycles. The summed E-state index contributed by atoms with van der Waals surface area (Å²) in [6, 6.07) is 18.1. The fourth-order valence-corrected chi connectivity index (χ4v) is 4.69. The van der Waals surface area contributed by atoms with Gasteiger partial charge in [-0.2, -0.15) is 4.37 Å². The van der Waals surface area contributed by atoms with E-state index >= 15 is 0 Å². The van der Waals surface area contributed by atoms with Crippen LogP contribution < -0.4 is 0 Å². The van der Waals surface area contributed by atoms with Gasteiger partial charge in [-0.25, -0.2) is 4.98 Å². The second-order valence-corrected chi connectivity index (χ2v) is 7.55. The van der Waals surface area contributed by atoms with E-state index in [9.17, 15) is 4.79 Å². The monoisotopic (exact) mass is 380 g/mol. The van der Waals surface area contributed by atoms with Crippen molar-refractivity contribution in [1.29, 1.82) is 0 Å². The SMILES string of the molecule is CCOC(=O)Cc1sc(-c2nsc3ccccc23)nc1-c1ccccc1. The topological polar surface area (TPSA) is 52.1 Å². The molecule has 0 saturated carbocycles. The summed E-state index contributed by atoms with van der Waals surface area (Å²) in [6.45, 7) is 2.19. The maximum absolute atomic E-state index is 12.0. The lowest BCUT2D eigenvalue weighted by Crippen LogP contribution is -2.07. The van der Waals surface area contributed by atoms with Crippen LogP contribution in [0.5, 0.6) is 0 Å². The number of carbonyl (C=O) groups excluding carboxylic acids is 1. The molecule has 0 unspecified atom stereocenters. The first-order valence-corrected chi connectivity index (χ1v) is 9.90. The van der Waals surface area contributed by atoms with Gasteiger partial charge in [0.05, 0.1) is 23.4 Å². The number of fused-ring (bicyclic) bond motifs is 1. The number of hydrogen-bond acceptors (Lipinski definition) is 6. The molecule has 0 aliphatic rings. The van der Waals surface area contributed by atoms with Crippen molar-refractivity contribution in [3.8, 4) is 22.0 Å². The van der Waals surface area contributed by atoms with Gasteiger partial charge in [0.15, 0.2) is 0 Å². The van der Waals surface area contributed by atoms with Gasteiger partial charge in [0.1, 0.15) is 10.7 Å². The molecule has 0 bridgehead atoms. The van der Waals surface area contributed by atoms with Crippen molar-refractivity contribution in [2.75, 3.05) is 6.61 Å². The Labute approximate surface area is 159 Å². The van der Waals surface area contributed by atoms with Crippen molar-refractivity contribution in [3.05, 3.63) is 59.5 Å². The zero-order valence-electron chi connectivity index (χ0n) is 14.1. The van der Waals surface area contributed by atoms with Gasteiger partial charge >= 0.3 is 5.97 Å². The smallest absolute Gasteiger partial charge is 0.311 e. The lowest BCUT2D eigenvalue weighted by Gasteiger charge is -2.02. The average Bonchev–Trinajstić information content (AvgIpc) is 3.26. The number of hydrogen-bond donors (Lipinski definition) is 0. The summed E-state index contributed by atoms with van der Waals surface area (Å²) in [5.74, 6) is -0.233. The molecule has 0 spiro atoms. The third-order valence-electron chi connectivity index (χ3n) is 3.93. The van der Waals surface area contributed by atoms with Crippen LogP contribution >= 0.6 is 22.9 Å². The molecule has 26 heavy (non-hydrogen) atoms. The Morgan fingerprint density at radius 1 is 1.04 bits per heavy atom. The second-order valence-electron chi connectivity index (χ2n) is 5.67. The summed E-state index contributed by atoms with van der Waals surface area (Å²) in [5.41, 5.74) is 2.70. The van der Waals surface area contributed by atoms with Crippen molar-refractivity contribution in [1.82, 2.24) is 9.36 Å². The molecule has 2 aromatic heterocycles. The standard InChI is InChI=1S/C20H16N2O2S2/c1-2-24-17(23)12-16-18(13-8-4-3-5-9-13)21-20(25-16)19-14-10-6-7-11-15(14)26-22-19/h3-11H,2,12H2,1H3. The van der Waals surface area contributed by atoms with Crippen LogP contribution in [0.15, 0.2) is 54.6 Å². The van der Waals surface area contributed by atoms with Crippen LogP contribution in [0.2, 0.25) is 0 Å². The predicted octanol–water partition coefficient (Wildman–Crippen LogP) is 5.19. The molecule has 130 valence electrons. The van der Waals surface area contributed by atoms with Gasteiger partial charge in [0.2, 0.25) is 0 Å². The third-order valence-corrected chi connectivity index (χ3v) is 5.82. The minimum atomic E-state index is -0.233. The first-order valence-electron chi connectivity index (χ1n) is 8.31. The third kappa shape index (κ3) is 3.25. The number of benzene rings is 2. The minimum absolute atomic E-state index is 0.220. The minimum Gasteiger partial charge on any atom is -0.466 e. The molecule has 4 aromatic rings. The Hall–Kier alpha value is -2.57. The fourth-order valence-electron chi connectivity index (χ4n) is 2.78. The van der Waals surface area contributed by atoms with E-state index in [1.165, 1.54) is 22.9 Å². The van der Waals surface area contributed by atoms with Gasteiger partial charge in [0.25, 0.3) is 0 Å². The van der Waals surface area contributed by atoms with Crippen molar-refractivity contribution in [3.63, 3.8) is 0 Å². The number of rotatable bonds is 5. The first kappa shape index (κ1) is 16.9. The van der Waals surface area contributed by atoms with Crippen LogP contribution in [-0.2, 0) is 16.0 Å². The highest BCUT2D eigenvalue weighted by molar-refractivity contribution is 7.17. The van der Waals surface area contributed by atoms with Crippen LogP contribution in [0, 0.1) is 0 Å². The number of nitrogens with zero attached hydrogens (tertiary/aromatic N) is 2. The van der Waals surface area contributed by atoms with E-state index in [0.29, 0.717) is 6.61 Å². The maximum Gasteiger partial charge on any atom is 0.311 e. The molecule has 2 heterocycles. The Morgan fingerprint density at radius 2 is 1.81 bits per heavy atom. The van der Waals surface area contributed by atoms with Gasteiger partial charge in [-0.1, -0.05) is 48.5 Å². The van der Waals surface area contributed by atoms with Gasteiger partial charge in [-0.05, 0) is 24.5 Å². The Morgan fingerprint density at radius 3 is 2.62 bits per heavy atom. The van der Waals surface area contributed by atoms with Crippen molar-refractivity contribution in [2.24, 2.45) is 0 Å². The lowest BCUT2D eigenvalue weighted by atomic mass is 10.1. The van der Waals surface area contributed by atoms with Crippen molar-refractivity contribution in [2.45, 2.75) is 13.3 Å². The highest BCUT2D eigenvalue weighted by Gasteiger charge is 2.20. The van der Waals surface area contributed by atoms with E-state index < -0.39 is 0 Å². The van der Waals surface area contributed by atoms with Crippen molar-refractivity contribution < 1.29 is 9.53 Å². The molecule has 0 aliphatic carbocycles. The summed E-state index contributed by atoms with van der Waals surface area (Å²) < 4.78 is 10.9. The van der Waals surface area contributed by atoms with E-state index in [0.717, 1.165) is 36.9 Å². The number of carbonyl (C=O) groups is 1. The van der Waals surface area contributed by atoms with Crippen LogP contribution in [0.25, 0.3) is 32.0 Å². The Balaban J connectivity index is 1.81. The van der Waals surface area contributed by atoms with Crippen LogP contribution in [-0.4, -0.2) is 21.9 Å². The molecule has 6 heteroatoms. The van der Waals surface area contributed by atoms with Crippen LogP contribution in [0.3, 0.4) is 0 Å². The second kappa shape index (κ2) is 7.35. The molecule has 4 nitrogen and oxygen atoms in total. The summed E-state index contributed by atoms with van der Waals surface area (Å²) in [6.07, 6.45) is 0.220. The lowest BCUT2D eigenvalue weighted by molar-refractivity contribution is -0.142. The molecule has 4 rings (SSSR count). The van der Waals surface area contributed by atoms with Gasteiger partial charge in [0, 0.05) is 15.8 Å². The molecular formula is C20H16N2O2S2. The van der Waals surface area contributed by atoms with Gasteiger partial charge < -0.3 is 4.74 Å². The summed E-state index contributed by atoms with van der Waals surface area (Å²) in [7, 11) is 0. The van der Waals surface area contributed by atoms with E-state index in [1.54, 1.807) is 0 Å². The van der Waals surface area contributed by atoms with E-state index in [4.69, 9.17) is 9.72 Å². The molecule has 0 atom stereocenters. The Kier molecular flexibility index (Phi) is 4.77. The molecule has 0 radical (unpaired) electrons. The zero-order valence-corrected chi connectivity index (χ0v) is 15.8. The highest BCUT2D eigenvalue weighted by atomic mass is 32.1. The van der Waals surface area contributed by atoms with Crippen LogP contribution in [0.4, 0.5) is 0 Å². The summed E-state index contributed by atoms with van der Waals surface area (Å²) in [4.78, 5) is 17.8. The molecule has 0 saturated heterocycles. The normalized spacial score (nSPS) is 11.0. The zero-order chi connectivity index (χ0) is 17.9. The quantitative estimate of drug-likeness (QED) is 0.447. The van der Waals surface area contributed by atoms with E-state index in [1.807, 2.05) is 49.4 Å². The van der Waals surface area contributed by atoms with E-state index in [2.05, 4.69) is 16.5 Å². The fraction of sp³-hybridized carbons (Fsp3) is 0.150. The molecule has 0 fully saturated rings. The van der Waals surface area contributed by atoms with Gasteiger partial charge in [-0.3, -0.25) is 4.79 Å². The highest BCUT2D eigenvalue weighted by Crippen LogP contribution is 2.37. The molecule has 2 aromatic carbocycles. The molecule has 0 N–H and O–H groups in total. The maximum atomic E-state index is 12.0. The van der Waals surface area contributed by atoms with Crippen molar-refractivity contribution >= 4 is 38.9 Å². The van der Waals surface area contributed by atoms with Crippen LogP contribution in [0.1, 0.15) is 11.8 Å². The molecular weight excluding hydrogens is 364 g/mol. The largest absolute Gasteiger partial charge is 0.466 e. The summed E-state index contributed by atoms with van der Waals surface area (Å²) in [5, 5.41) is 1.93. The van der Waals surface area contributed by atoms with E-state index in [-0.39, 0.29) is 12.4 Å². The first-order chi connectivity index (χ1) is 12.8. The molecule has 0 amide bonds. The average molecular weight is 380 g/mol. The van der Waals surface area contributed by atoms with Gasteiger partial charge in [-0.15, -0.1) is 11.3 Å². The number of aromatic nitrogens is 2. The summed E-state index contributed by atoms with van der Waals surface area (Å²) >= 11 is 2.98.